The molecule has 1 aromatic carbocycles. The Morgan fingerprint density at radius 2 is 2.05 bits per heavy atom. The standard InChI is InChI=1S/C18H29N3O/c1-3-4-5-11-21-14-15(2)22-17-8-6-7-16(18(17)21)20-12-9-19-10-13-20/h6-8,15,19H,3-5,9-14H2,1-2H3. The molecule has 0 aromatic heterocycles. The molecule has 0 radical (unpaired) electrons. The van der Waals surface area contributed by atoms with Crippen LogP contribution in [0.5, 0.6) is 5.75 Å². The normalized spacial score (nSPS) is 21.5. The van der Waals surface area contributed by atoms with Gasteiger partial charge in [0.1, 0.15) is 17.5 Å². The van der Waals surface area contributed by atoms with Crippen molar-refractivity contribution >= 4 is 11.4 Å². The average molecular weight is 303 g/mol. The Morgan fingerprint density at radius 1 is 1.23 bits per heavy atom. The molecule has 0 saturated carbocycles. The van der Waals surface area contributed by atoms with Crippen LogP contribution in [0.3, 0.4) is 0 Å². The molecule has 0 spiro atoms. The van der Waals surface area contributed by atoms with E-state index in [0.29, 0.717) is 0 Å². The van der Waals surface area contributed by atoms with E-state index in [2.05, 4.69) is 47.2 Å². The summed E-state index contributed by atoms with van der Waals surface area (Å²) in [5.41, 5.74) is 2.67. The minimum absolute atomic E-state index is 0.271. The molecule has 0 bridgehead atoms. The Bertz CT molecular complexity index is 485. The fourth-order valence-corrected chi connectivity index (χ4v) is 3.50. The first-order chi connectivity index (χ1) is 10.8. The van der Waals surface area contributed by atoms with Crippen molar-refractivity contribution in [2.24, 2.45) is 0 Å². The van der Waals surface area contributed by atoms with Gasteiger partial charge < -0.3 is 19.9 Å². The smallest absolute Gasteiger partial charge is 0.145 e. The van der Waals surface area contributed by atoms with E-state index in [-0.39, 0.29) is 6.10 Å². The highest BCUT2D eigenvalue weighted by Gasteiger charge is 2.27. The predicted molar refractivity (Wildman–Crippen MR) is 93.4 cm³/mol. The minimum Gasteiger partial charge on any atom is -0.487 e. The quantitative estimate of drug-likeness (QED) is 0.847. The molecule has 1 unspecified atom stereocenters. The van der Waals surface area contributed by atoms with Crippen LogP contribution < -0.4 is 19.9 Å². The van der Waals surface area contributed by atoms with Crippen molar-refractivity contribution in [3.8, 4) is 5.75 Å². The van der Waals surface area contributed by atoms with E-state index < -0.39 is 0 Å². The van der Waals surface area contributed by atoms with E-state index in [1.54, 1.807) is 0 Å². The molecule has 2 aliphatic rings. The number of fused-ring (bicyclic) bond motifs is 1. The summed E-state index contributed by atoms with van der Waals surface area (Å²) < 4.78 is 6.12. The van der Waals surface area contributed by atoms with Gasteiger partial charge in [0.25, 0.3) is 0 Å². The molecule has 4 nitrogen and oxygen atoms in total. The van der Waals surface area contributed by atoms with Gasteiger partial charge in [0.2, 0.25) is 0 Å². The highest BCUT2D eigenvalue weighted by Crippen LogP contribution is 2.41. The van der Waals surface area contributed by atoms with Crippen LogP contribution in [0.2, 0.25) is 0 Å². The topological polar surface area (TPSA) is 27.7 Å². The summed E-state index contributed by atoms with van der Waals surface area (Å²) in [6.45, 7) is 10.9. The molecule has 2 aliphatic heterocycles. The van der Waals surface area contributed by atoms with Crippen molar-refractivity contribution in [3.05, 3.63) is 18.2 Å². The first kappa shape index (κ1) is 15.5. The van der Waals surface area contributed by atoms with Crippen LogP contribution in [0.25, 0.3) is 0 Å². The zero-order valence-corrected chi connectivity index (χ0v) is 14.0. The monoisotopic (exact) mass is 303 g/mol. The van der Waals surface area contributed by atoms with Gasteiger partial charge in [0, 0.05) is 32.7 Å². The highest BCUT2D eigenvalue weighted by molar-refractivity contribution is 5.78. The molecule has 1 atom stereocenters. The number of ether oxygens (including phenoxy) is 1. The summed E-state index contributed by atoms with van der Waals surface area (Å²) in [4.78, 5) is 5.05. The van der Waals surface area contributed by atoms with E-state index in [9.17, 15) is 0 Å². The molecule has 1 fully saturated rings. The predicted octanol–water partition coefficient (Wildman–Crippen LogP) is 2.87. The van der Waals surface area contributed by atoms with Gasteiger partial charge in [0.05, 0.1) is 12.2 Å². The van der Waals surface area contributed by atoms with Crippen molar-refractivity contribution in [1.29, 1.82) is 0 Å². The molecule has 22 heavy (non-hydrogen) atoms. The molecule has 2 heterocycles. The average Bonchev–Trinajstić information content (AvgIpc) is 2.55. The lowest BCUT2D eigenvalue weighted by molar-refractivity contribution is 0.212. The number of para-hydroxylation sites is 1. The van der Waals surface area contributed by atoms with Crippen LogP contribution in [0.4, 0.5) is 11.4 Å². The van der Waals surface area contributed by atoms with E-state index in [0.717, 1.165) is 45.0 Å². The molecule has 1 saturated heterocycles. The molecular formula is C18H29N3O. The third-order valence-electron chi connectivity index (χ3n) is 4.59. The number of piperazine rings is 1. The van der Waals surface area contributed by atoms with Gasteiger partial charge in [-0.2, -0.15) is 0 Å². The fraction of sp³-hybridized carbons (Fsp3) is 0.667. The number of anilines is 2. The zero-order valence-electron chi connectivity index (χ0n) is 14.0. The Kier molecular flexibility index (Phi) is 5.08. The molecule has 122 valence electrons. The van der Waals surface area contributed by atoms with Gasteiger partial charge in [-0.25, -0.2) is 0 Å². The number of rotatable bonds is 5. The van der Waals surface area contributed by atoms with E-state index >= 15 is 0 Å². The molecule has 1 aromatic rings. The molecular weight excluding hydrogens is 274 g/mol. The maximum atomic E-state index is 6.12. The third kappa shape index (κ3) is 3.32. The largest absolute Gasteiger partial charge is 0.487 e. The van der Waals surface area contributed by atoms with Gasteiger partial charge in [-0.1, -0.05) is 25.8 Å². The van der Waals surface area contributed by atoms with Crippen LogP contribution >= 0.6 is 0 Å². The van der Waals surface area contributed by atoms with Gasteiger partial charge in [-0.15, -0.1) is 0 Å². The summed E-state index contributed by atoms with van der Waals surface area (Å²) in [6, 6.07) is 6.53. The van der Waals surface area contributed by atoms with Crippen molar-refractivity contribution in [3.63, 3.8) is 0 Å². The van der Waals surface area contributed by atoms with Crippen molar-refractivity contribution in [1.82, 2.24) is 5.32 Å². The van der Waals surface area contributed by atoms with Crippen LogP contribution in [-0.4, -0.2) is 45.4 Å². The maximum absolute atomic E-state index is 6.12. The minimum atomic E-state index is 0.271. The van der Waals surface area contributed by atoms with Crippen LogP contribution in [0.15, 0.2) is 18.2 Å². The SMILES string of the molecule is CCCCCN1CC(C)Oc2cccc(N3CCNCC3)c21. The van der Waals surface area contributed by atoms with Crippen molar-refractivity contribution < 1.29 is 4.74 Å². The van der Waals surface area contributed by atoms with E-state index in [1.807, 2.05) is 0 Å². The zero-order chi connectivity index (χ0) is 15.4. The van der Waals surface area contributed by atoms with Crippen molar-refractivity contribution in [2.75, 3.05) is 49.1 Å². The Balaban J connectivity index is 1.87. The van der Waals surface area contributed by atoms with Gasteiger partial charge in [0.15, 0.2) is 0 Å². The summed E-state index contributed by atoms with van der Waals surface area (Å²) in [7, 11) is 0. The van der Waals surface area contributed by atoms with Crippen LogP contribution in [0, 0.1) is 0 Å². The molecule has 4 heteroatoms. The molecule has 1 N–H and O–H groups in total. The van der Waals surface area contributed by atoms with Gasteiger partial charge in [-0.3, -0.25) is 0 Å². The number of benzene rings is 1. The second kappa shape index (κ2) is 7.23. The van der Waals surface area contributed by atoms with Crippen LogP contribution in [-0.2, 0) is 0 Å². The lowest BCUT2D eigenvalue weighted by Crippen LogP contribution is -2.45. The third-order valence-corrected chi connectivity index (χ3v) is 4.59. The lowest BCUT2D eigenvalue weighted by atomic mass is 10.1. The van der Waals surface area contributed by atoms with E-state index in [1.165, 1.54) is 30.6 Å². The molecule has 3 rings (SSSR count). The lowest BCUT2D eigenvalue weighted by Gasteiger charge is -2.40. The van der Waals surface area contributed by atoms with Crippen LogP contribution in [0.1, 0.15) is 33.1 Å². The van der Waals surface area contributed by atoms with Gasteiger partial charge in [-0.05, 0) is 25.5 Å². The molecule has 0 aliphatic carbocycles. The summed E-state index contributed by atoms with van der Waals surface area (Å²) in [5, 5.41) is 3.44. The van der Waals surface area contributed by atoms with Gasteiger partial charge >= 0.3 is 0 Å². The number of hydrogen-bond donors (Lipinski definition) is 1. The second-order valence-corrected chi connectivity index (χ2v) is 6.44. The Labute approximate surface area is 134 Å². The number of nitrogens with zero attached hydrogens (tertiary/aromatic N) is 2. The first-order valence-electron chi connectivity index (χ1n) is 8.80. The number of hydrogen-bond acceptors (Lipinski definition) is 4. The Morgan fingerprint density at radius 3 is 2.82 bits per heavy atom. The summed E-state index contributed by atoms with van der Waals surface area (Å²) in [6.07, 6.45) is 4.11. The van der Waals surface area contributed by atoms with Crippen molar-refractivity contribution in [2.45, 2.75) is 39.2 Å². The number of unbranched alkanes of at least 4 members (excludes halogenated alkanes) is 2. The second-order valence-electron chi connectivity index (χ2n) is 6.44. The summed E-state index contributed by atoms with van der Waals surface area (Å²) >= 11 is 0. The summed E-state index contributed by atoms with van der Waals surface area (Å²) in [5.74, 6) is 1.06. The Hall–Kier alpha value is -1.42. The van der Waals surface area contributed by atoms with E-state index in [4.69, 9.17) is 4.74 Å². The molecule has 0 amide bonds. The first-order valence-corrected chi connectivity index (χ1v) is 8.80. The fourth-order valence-electron chi connectivity index (χ4n) is 3.50. The number of nitrogens with one attached hydrogen (secondary N) is 1. The highest BCUT2D eigenvalue weighted by atomic mass is 16.5. The maximum Gasteiger partial charge on any atom is 0.145 e.